The summed E-state index contributed by atoms with van der Waals surface area (Å²) in [5.74, 6) is 0. The van der Waals surface area contributed by atoms with Gasteiger partial charge in [0, 0.05) is 24.3 Å². The predicted octanol–water partition coefficient (Wildman–Crippen LogP) is 2.40. The lowest BCUT2D eigenvalue weighted by molar-refractivity contribution is 0.581. The SMILES string of the molecule is CC(C)([S+]=O)c1ncccc1Cl. The topological polar surface area (TPSA) is 30.0 Å². The van der Waals surface area contributed by atoms with Crippen LogP contribution < -0.4 is 0 Å². The Morgan fingerprint density at radius 1 is 1.58 bits per heavy atom. The van der Waals surface area contributed by atoms with E-state index in [-0.39, 0.29) is 0 Å². The van der Waals surface area contributed by atoms with Crippen molar-refractivity contribution in [3.05, 3.63) is 29.0 Å². The summed E-state index contributed by atoms with van der Waals surface area (Å²) < 4.78 is 10.2. The largest absolute Gasteiger partial charge is 0.471 e. The van der Waals surface area contributed by atoms with Gasteiger partial charge in [-0.2, -0.15) is 0 Å². The minimum atomic E-state index is -0.557. The fraction of sp³-hybridized carbons (Fsp3) is 0.375. The van der Waals surface area contributed by atoms with Crippen molar-refractivity contribution in [1.82, 2.24) is 4.98 Å². The second kappa shape index (κ2) is 3.46. The lowest BCUT2D eigenvalue weighted by Crippen LogP contribution is -2.17. The van der Waals surface area contributed by atoms with Gasteiger partial charge >= 0.3 is 11.7 Å². The zero-order chi connectivity index (χ0) is 9.19. The molecule has 2 nitrogen and oxygen atoms in total. The first-order valence-corrected chi connectivity index (χ1v) is 4.62. The fourth-order valence-electron chi connectivity index (χ4n) is 0.868. The van der Waals surface area contributed by atoms with Crippen molar-refractivity contribution < 1.29 is 4.21 Å². The third-order valence-corrected chi connectivity index (χ3v) is 2.45. The molecule has 0 N–H and O–H groups in total. The molecule has 0 spiro atoms. The molecule has 0 bridgehead atoms. The number of aromatic nitrogens is 1. The summed E-state index contributed by atoms with van der Waals surface area (Å²) in [5.41, 5.74) is 0.645. The van der Waals surface area contributed by atoms with E-state index in [0.29, 0.717) is 22.4 Å². The lowest BCUT2D eigenvalue weighted by atomic mass is 10.1. The maximum Gasteiger partial charge on any atom is 0.471 e. The molecule has 0 saturated carbocycles. The molecule has 1 heterocycles. The Hall–Kier alpha value is -0.540. The second-order valence-corrected chi connectivity index (χ2v) is 4.52. The average Bonchev–Trinajstić information content (AvgIpc) is 2.05. The van der Waals surface area contributed by atoms with Crippen LogP contribution in [0.5, 0.6) is 0 Å². The summed E-state index contributed by atoms with van der Waals surface area (Å²) in [6.45, 7) is 3.61. The highest BCUT2D eigenvalue weighted by Gasteiger charge is 2.38. The van der Waals surface area contributed by atoms with Gasteiger partial charge in [-0.1, -0.05) is 11.6 Å². The maximum absolute atomic E-state index is 10.7. The molecule has 1 aromatic heterocycles. The smallest absolute Gasteiger partial charge is 0.253 e. The highest BCUT2D eigenvalue weighted by atomic mass is 35.5. The van der Waals surface area contributed by atoms with Gasteiger partial charge in [0.2, 0.25) is 0 Å². The molecule has 64 valence electrons. The van der Waals surface area contributed by atoms with Crippen LogP contribution in [0, 0.1) is 0 Å². The molecular weight excluding hydrogens is 194 g/mol. The van der Waals surface area contributed by atoms with E-state index in [9.17, 15) is 4.21 Å². The highest BCUT2D eigenvalue weighted by molar-refractivity contribution is 7.66. The van der Waals surface area contributed by atoms with Crippen molar-refractivity contribution in [2.45, 2.75) is 18.6 Å². The zero-order valence-electron chi connectivity index (χ0n) is 6.87. The van der Waals surface area contributed by atoms with E-state index in [0.717, 1.165) is 0 Å². The standard InChI is InChI=1S/C8H9ClNOS/c1-8(2,12-11)7-6(9)4-3-5-10-7/h3-5H,1-2H3/q+1. The Bertz CT molecular complexity index is 301. The van der Waals surface area contributed by atoms with Gasteiger partial charge in [0.15, 0.2) is 0 Å². The molecule has 0 aliphatic rings. The van der Waals surface area contributed by atoms with Gasteiger partial charge < -0.3 is 0 Å². The molecule has 0 unspecified atom stereocenters. The van der Waals surface area contributed by atoms with Gasteiger partial charge in [-0.05, 0) is 12.1 Å². The van der Waals surface area contributed by atoms with E-state index in [1.165, 1.54) is 0 Å². The quantitative estimate of drug-likeness (QED) is 0.690. The second-order valence-electron chi connectivity index (χ2n) is 2.93. The molecule has 0 aliphatic carbocycles. The van der Waals surface area contributed by atoms with Crippen LogP contribution in [0.3, 0.4) is 0 Å². The Balaban J connectivity index is 3.19. The third kappa shape index (κ3) is 1.79. The fourth-order valence-corrected chi connectivity index (χ4v) is 1.52. The summed E-state index contributed by atoms with van der Waals surface area (Å²) in [4.78, 5) is 4.07. The summed E-state index contributed by atoms with van der Waals surface area (Å²) in [6.07, 6.45) is 1.64. The number of hydrogen-bond donors (Lipinski definition) is 0. The van der Waals surface area contributed by atoms with Crippen LogP contribution in [-0.2, 0) is 20.6 Å². The maximum atomic E-state index is 10.7. The monoisotopic (exact) mass is 202 g/mol. The molecule has 12 heavy (non-hydrogen) atoms. The summed E-state index contributed by atoms with van der Waals surface area (Å²) in [6, 6.07) is 3.49. The van der Waals surface area contributed by atoms with E-state index >= 15 is 0 Å². The Kier molecular flexibility index (Phi) is 2.75. The van der Waals surface area contributed by atoms with Crippen molar-refractivity contribution in [3.8, 4) is 0 Å². The third-order valence-electron chi connectivity index (χ3n) is 1.54. The van der Waals surface area contributed by atoms with Gasteiger partial charge in [0.05, 0.1) is 5.02 Å². The molecule has 0 aliphatic heterocycles. The first-order valence-electron chi connectivity index (χ1n) is 3.50. The average molecular weight is 203 g/mol. The van der Waals surface area contributed by atoms with Gasteiger partial charge in [-0.3, -0.25) is 4.98 Å². The number of pyridine rings is 1. The van der Waals surface area contributed by atoms with Crippen LogP contribution in [0.4, 0.5) is 0 Å². The van der Waals surface area contributed by atoms with Crippen molar-refractivity contribution in [2.75, 3.05) is 0 Å². The first-order chi connectivity index (χ1) is 5.58. The number of halogens is 1. The predicted molar refractivity (Wildman–Crippen MR) is 50.3 cm³/mol. The number of nitrogens with zero attached hydrogens (tertiary/aromatic N) is 1. The van der Waals surface area contributed by atoms with Crippen LogP contribution in [0.15, 0.2) is 18.3 Å². The highest BCUT2D eigenvalue weighted by Crippen LogP contribution is 2.26. The lowest BCUT2D eigenvalue weighted by Gasteiger charge is -2.05. The van der Waals surface area contributed by atoms with E-state index < -0.39 is 4.75 Å². The van der Waals surface area contributed by atoms with E-state index in [4.69, 9.17) is 11.6 Å². The number of hydrogen-bond acceptors (Lipinski definition) is 2. The minimum Gasteiger partial charge on any atom is -0.253 e. The van der Waals surface area contributed by atoms with Crippen LogP contribution in [0.1, 0.15) is 19.5 Å². The van der Waals surface area contributed by atoms with Gasteiger partial charge in [0.1, 0.15) is 5.69 Å². The number of rotatable bonds is 2. The summed E-state index contributed by atoms with van der Waals surface area (Å²) >= 11 is 6.37. The van der Waals surface area contributed by atoms with Crippen LogP contribution in [-0.4, -0.2) is 4.98 Å². The summed E-state index contributed by atoms with van der Waals surface area (Å²) in [7, 11) is 0. The molecule has 0 saturated heterocycles. The Morgan fingerprint density at radius 2 is 2.25 bits per heavy atom. The minimum absolute atomic E-state index is 0.497. The van der Waals surface area contributed by atoms with Crippen molar-refractivity contribution in [2.24, 2.45) is 0 Å². The van der Waals surface area contributed by atoms with Crippen LogP contribution >= 0.6 is 11.6 Å². The molecule has 1 aromatic rings. The van der Waals surface area contributed by atoms with Crippen molar-refractivity contribution >= 4 is 23.3 Å². The van der Waals surface area contributed by atoms with Crippen molar-refractivity contribution in [1.29, 1.82) is 0 Å². The van der Waals surface area contributed by atoms with E-state index in [1.807, 2.05) is 0 Å². The molecule has 4 heteroatoms. The molecule has 0 atom stereocenters. The first kappa shape index (κ1) is 9.55. The van der Waals surface area contributed by atoms with Gasteiger partial charge in [-0.15, -0.1) is 0 Å². The van der Waals surface area contributed by atoms with E-state index in [1.54, 1.807) is 32.2 Å². The molecule has 0 fully saturated rings. The van der Waals surface area contributed by atoms with Crippen LogP contribution in [0.25, 0.3) is 0 Å². The molecule has 0 aromatic carbocycles. The normalized spacial score (nSPS) is 11.2. The summed E-state index contributed by atoms with van der Waals surface area (Å²) in [5, 5.41) is 0.547. The van der Waals surface area contributed by atoms with E-state index in [2.05, 4.69) is 4.98 Å². The van der Waals surface area contributed by atoms with Gasteiger partial charge in [-0.25, -0.2) is 0 Å². The molecular formula is C8H9ClNOS+. The van der Waals surface area contributed by atoms with Crippen molar-refractivity contribution in [3.63, 3.8) is 0 Å². The molecule has 0 radical (unpaired) electrons. The Labute approximate surface area is 80.5 Å². The zero-order valence-corrected chi connectivity index (χ0v) is 8.45. The van der Waals surface area contributed by atoms with Gasteiger partial charge in [0.25, 0.3) is 4.75 Å². The Morgan fingerprint density at radius 3 is 2.75 bits per heavy atom. The molecule has 0 amide bonds. The molecule has 1 rings (SSSR count). The van der Waals surface area contributed by atoms with Crippen LogP contribution in [0.2, 0.25) is 5.02 Å².